The quantitative estimate of drug-likeness (QED) is 0.0196. The monoisotopic (exact) mass is 1580 g/mol. The number of H-pyrrole nitrogens is 2. The Hall–Kier alpha value is -12.1. The molecule has 0 amide bonds. The fourth-order valence-corrected chi connectivity index (χ4v) is 18.0. The molecule has 11 aromatic rings. The molecule has 13 rings (SSSR count). The number of nitrogens with zero attached hydrogens (tertiary/aromatic N) is 2. The van der Waals surface area contributed by atoms with E-state index in [0.717, 1.165) is 0 Å². The van der Waals surface area contributed by atoms with E-state index in [-0.39, 0.29) is 45.3 Å². The highest BCUT2D eigenvalue weighted by molar-refractivity contribution is 7.90. The lowest BCUT2D eigenvalue weighted by atomic mass is 10.0. The molecule has 8 aromatic carbocycles. The zero-order chi connectivity index (χ0) is 78.9. The van der Waals surface area contributed by atoms with Gasteiger partial charge in [0.25, 0.3) is 0 Å². The number of sulfonamides is 4. The maximum atomic E-state index is 14.4. The molecular weight excluding hydrogens is 1510 g/mol. The van der Waals surface area contributed by atoms with Crippen LogP contribution in [0.5, 0.6) is 0 Å². The molecule has 0 aliphatic carbocycles. The molecular formula is C84H74N8O16S4. The van der Waals surface area contributed by atoms with E-state index in [2.05, 4.69) is 28.9 Å². The van der Waals surface area contributed by atoms with Crippen molar-refractivity contribution in [2.24, 2.45) is 0 Å². The number of esters is 4. The molecule has 570 valence electrons. The van der Waals surface area contributed by atoms with Gasteiger partial charge in [0.2, 0.25) is 40.1 Å². The third kappa shape index (κ3) is 17.7. The van der Waals surface area contributed by atoms with Gasteiger partial charge in [-0.15, -0.1) is 0 Å². The van der Waals surface area contributed by atoms with Crippen molar-refractivity contribution in [3.63, 3.8) is 0 Å². The van der Waals surface area contributed by atoms with E-state index in [1.165, 1.54) is 77.0 Å². The molecule has 6 N–H and O–H groups in total. The number of fused-ring (bicyclic) bond motifs is 8. The lowest BCUT2D eigenvalue weighted by Gasteiger charge is -2.17. The molecule has 0 fully saturated rings. The molecule has 112 heavy (non-hydrogen) atoms. The minimum Gasteiger partial charge on any atom is -0.468 e. The lowest BCUT2D eigenvalue weighted by Crippen LogP contribution is -2.42. The van der Waals surface area contributed by atoms with Gasteiger partial charge in [-0.05, 0) is 167 Å². The third-order valence-electron chi connectivity index (χ3n) is 18.8. The molecule has 0 spiro atoms. The van der Waals surface area contributed by atoms with Crippen molar-refractivity contribution in [3.05, 3.63) is 288 Å². The van der Waals surface area contributed by atoms with Crippen molar-refractivity contribution < 1.29 is 71.8 Å². The van der Waals surface area contributed by atoms with Crippen molar-refractivity contribution in [1.82, 2.24) is 38.8 Å². The number of hydrogen-bond donors (Lipinski definition) is 6. The maximum absolute atomic E-state index is 14.4. The number of ether oxygens (including phenoxy) is 4. The van der Waals surface area contributed by atoms with Crippen molar-refractivity contribution in [2.45, 2.75) is 69.4 Å². The van der Waals surface area contributed by atoms with Crippen molar-refractivity contribution in [1.29, 1.82) is 0 Å². The lowest BCUT2D eigenvalue weighted by molar-refractivity contribution is -0.143. The molecule has 3 aromatic heterocycles. The van der Waals surface area contributed by atoms with Gasteiger partial charge in [-0.25, -0.2) is 43.6 Å². The van der Waals surface area contributed by atoms with Gasteiger partial charge in [-0.2, -0.15) is 18.9 Å². The minimum atomic E-state index is -4.42. The molecule has 5 heterocycles. The second-order valence-electron chi connectivity index (χ2n) is 26.1. The first-order valence-electron chi connectivity index (χ1n) is 35.1. The van der Waals surface area contributed by atoms with Crippen LogP contribution in [0.25, 0.3) is 90.9 Å². The first-order valence-corrected chi connectivity index (χ1v) is 41.0. The van der Waals surface area contributed by atoms with E-state index in [9.17, 15) is 52.8 Å². The molecule has 2 aliphatic heterocycles. The van der Waals surface area contributed by atoms with E-state index in [0.29, 0.717) is 112 Å². The highest BCUT2D eigenvalue weighted by Gasteiger charge is 2.33. The van der Waals surface area contributed by atoms with Crippen LogP contribution < -0.4 is 18.9 Å². The van der Waals surface area contributed by atoms with Gasteiger partial charge in [0, 0.05) is 44.3 Å². The van der Waals surface area contributed by atoms with Crippen LogP contribution in [0.1, 0.15) is 45.0 Å². The van der Waals surface area contributed by atoms with Gasteiger partial charge in [0.1, 0.15) is 24.2 Å². The SMILES string of the molecule is COC(=O)[C@H](Cc1ccccc1)NS(=O)(=O)c1ccc(-c2c3nc(c(-c4ccc(S(=O)(=O)N[C@@H](Cc5ccccc5)C(=O)OC)cc4)c4ccc([nH]4)c(-c4ccc(S(=O)(=O)N[C@@H](Cc5ccccc5)C(=O)OC)cc4)c4nc(c(-c5ccc(S(=O)(=O)N[C@@H](Cc6ccccc6)C(=O)OC)cc5)c5ccc2[nH]5)C=C4)C=C3)cc1. The summed E-state index contributed by atoms with van der Waals surface area (Å²) in [5.41, 5.74) is 9.46. The average Bonchev–Trinajstić information content (AvgIpc) is 1.60. The Morgan fingerprint density at radius 1 is 0.286 bits per heavy atom. The summed E-state index contributed by atoms with van der Waals surface area (Å²) in [6.45, 7) is 0. The Morgan fingerprint density at radius 2 is 0.473 bits per heavy atom. The summed E-state index contributed by atoms with van der Waals surface area (Å²) in [6, 6.07) is 61.3. The Kier molecular flexibility index (Phi) is 23.4. The van der Waals surface area contributed by atoms with E-state index < -0.39 is 88.1 Å². The molecule has 0 unspecified atom stereocenters. The van der Waals surface area contributed by atoms with E-state index in [4.69, 9.17) is 28.9 Å². The molecule has 0 radical (unpaired) electrons. The van der Waals surface area contributed by atoms with Gasteiger partial charge >= 0.3 is 23.9 Å². The Morgan fingerprint density at radius 3 is 0.652 bits per heavy atom. The summed E-state index contributed by atoms with van der Waals surface area (Å²) in [7, 11) is -13.0. The number of carbonyl (C=O) groups excluding carboxylic acids is 4. The topological polar surface area (TPSA) is 347 Å². The van der Waals surface area contributed by atoms with Crippen LogP contribution in [0, 0.1) is 0 Å². The highest BCUT2D eigenvalue weighted by Crippen LogP contribution is 2.40. The van der Waals surface area contributed by atoms with Crippen LogP contribution >= 0.6 is 0 Å². The predicted octanol–water partition coefficient (Wildman–Crippen LogP) is 11.6. The number of aromatic amines is 2. The molecule has 28 heteroatoms. The Labute approximate surface area is 646 Å². The van der Waals surface area contributed by atoms with E-state index in [1.54, 1.807) is 218 Å². The van der Waals surface area contributed by atoms with Gasteiger partial charge in [-0.3, -0.25) is 19.2 Å². The summed E-state index contributed by atoms with van der Waals surface area (Å²) in [4.78, 5) is 69.9. The number of aromatic nitrogens is 4. The normalized spacial score (nSPS) is 13.3. The summed E-state index contributed by atoms with van der Waals surface area (Å²) in [6.07, 6.45) is 7.00. The molecule has 0 saturated carbocycles. The van der Waals surface area contributed by atoms with Crippen LogP contribution in [-0.4, -0.2) is 130 Å². The fraction of sp³-hybridized carbons (Fsp3) is 0.143. The van der Waals surface area contributed by atoms with Crippen molar-refractivity contribution in [2.75, 3.05) is 28.4 Å². The van der Waals surface area contributed by atoms with E-state index in [1.807, 2.05) is 0 Å². The third-order valence-corrected chi connectivity index (χ3v) is 24.8. The zero-order valence-corrected chi connectivity index (χ0v) is 63.9. The highest BCUT2D eigenvalue weighted by atomic mass is 32.2. The molecule has 24 nitrogen and oxygen atoms in total. The number of rotatable bonds is 28. The van der Waals surface area contributed by atoms with Crippen LogP contribution in [0.15, 0.2) is 262 Å². The van der Waals surface area contributed by atoms with Crippen molar-refractivity contribution in [3.8, 4) is 44.5 Å². The number of carbonyl (C=O) groups is 4. The fourth-order valence-electron chi connectivity index (χ4n) is 13.3. The van der Waals surface area contributed by atoms with Gasteiger partial charge in [-0.1, -0.05) is 170 Å². The van der Waals surface area contributed by atoms with Gasteiger partial charge in [0.15, 0.2) is 0 Å². The molecule has 0 saturated heterocycles. The van der Waals surface area contributed by atoms with Crippen molar-refractivity contribution >= 4 is 110 Å². The smallest absolute Gasteiger partial charge is 0.324 e. The Bertz CT molecular complexity index is 5360. The Balaban J connectivity index is 1.00. The van der Waals surface area contributed by atoms with Gasteiger partial charge in [0.05, 0.1) is 70.8 Å². The summed E-state index contributed by atoms with van der Waals surface area (Å²) in [5.74, 6) is -3.20. The van der Waals surface area contributed by atoms with Crippen LogP contribution in [0.3, 0.4) is 0 Å². The summed E-state index contributed by atoms with van der Waals surface area (Å²) in [5, 5.41) is 0. The molecule has 8 bridgehead atoms. The van der Waals surface area contributed by atoms with E-state index >= 15 is 0 Å². The number of benzene rings is 8. The number of hydrogen-bond acceptors (Lipinski definition) is 18. The van der Waals surface area contributed by atoms with Crippen LogP contribution in [0.2, 0.25) is 0 Å². The standard InChI is InChI=1S/C84H74N8O16S4/c1-105-81(93)73(49-53-17-9-5-10-18-53)89-109(97,98)61-33-25-57(26-34-61)77-65-41-43-67(85-65)78(58-27-35-62(36-28-58)110(99,100)90-74(82(94)106-2)50-54-19-11-6-12-20-54)69-45-47-71(87-69)80(60-31-39-64(40-32-60)112(103,104)92-76(84(96)108-4)52-56-23-15-8-16-24-56)72-48-46-70(88-72)79(68-44-42-66(77)86-68)59-29-37-63(38-30-59)111(101,102)91-75(83(95)107-3)51-55-21-13-7-14-22-55/h5-48,73-76,85,88-92H,49-52H2,1-4H3/t73-,74-,75-,76-/m0/s1. The first-order chi connectivity index (χ1) is 53.9. The number of nitrogens with one attached hydrogen (secondary N) is 6. The molecule has 4 atom stereocenters. The van der Waals surface area contributed by atoms with Crippen LogP contribution in [0.4, 0.5) is 0 Å². The minimum absolute atomic E-state index is 0.00925. The summed E-state index contributed by atoms with van der Waals surface area (Å²) < 4.78 is 145. The van der Waals surface area contributed by atoms with Gasteiger partial charge < -0.3 is 28.9 Å². The average molecular weight is 1580 g/mol. The second kappa shape index (κ2) is 33.6. The largest absolute Gasteiger partial charge is 0.468 e. The maximum Gasteiger partial charge on any atom is 0.324 e. The zero-order valence-electron chi connectivity index (χ0n) is 60.6. The second-order valence-corrected chi connectivity index (χ2v) is 33.0. The molecule has 2 aliphatic rings. The number of methoxy groups -OCH3 is 4. The first kappa shape index (κ1) is 78.0. The predicted molar refractivity (Wildman–Crippen MR) is 426 cm³/mol. The summed E-state index contributed by atoms with van der Waals surface area (Å²) >= 11 is 0. The van der Waals surface area contributed by atoms with Crippen LogP contribution in [-0.2, 0) is 104 Å².